The lowest BCUT2D eigenvalue weighted by atomic mass is 9.67. The van der Waals surface area contributed by atoms with Crippen LogP contribution in [-0.2, 0) is 26.2 Å². The molecular formula is C31H30N2O4. The number of pyridine rings is 1. The zero-order valence-corrected chi connectivity index (χ0v) is 21.0. The van der Waals surface area contributed by atoms with E-state index in [0.29, 0.717) is 11.4 Å². The van der Waals surface area contributed by atoms with E-state index in [-0.39, 0.29) is 18.7 Å². The predicted molar refractivity (Wildman–Crippen MR) is 142 cm³/mol. The van der Waals surface area contributed by atoms with E-state index >= 15 is 0 Å². The van der Waals surface area contributed by atoms with Gasteiger partial charge in [0.05, 0.1) is 19.6 Å². The number of hydrogen-bond donors (Lipinski definition) is 1. The molecule has 0 aliphatic heterocycles. The standard InChI is InChI=1S/C31H30N2O4/c1-36-29-23(13-12-20-32-29)21-27(30(35)37-2)33-28(34)22-31(24-14-6-3-7-15-24,25-16-8-4-9-17-25)26-18-10-5-11-19-26/h3-20,27H,21-22H2,1-2H3,(H,33,34)/t27-/m0/s1. The molecule has 3 aromatic carbocycles. The van der Waals surface area contributed by atoms with Crippen LogP contribution in [0.2, 0.25) is 0 Å². The first-order valence-corrected chi connectivity index (χ1v) is 12.1. The van der Waals surface area contributed by atoms with Crippen LogP contribution in [0.1, 0.15) is 28.7 Å². The van der Waals surface area contributed by atoms with E-state index < -0.39 is 17.4 Å². The summed E-state index contributed by atoms with van der Waals surface area (Å²) in [6.45, 7) is 0. The second kappa shape index (κ2) is 12.0. The van der Waals surface area contributed by atoms with Crippen LogP contribution in [0.3, 0.4) is 0 Å². The lowest BCUT2D eigenvalue weighted by Gasteiger charge is -2.36. The molecule has 188 valence electrons. The molecule has 1 atom stereocenters. The van der Waals surface area contributed by atoms with Crippen molar-refractivity contribution in [2.75, 3.05) is 14.2 Å². The molecule has 1 amide bonds. The van der Waals surface area contributed by atoms with E-state index in [1.807, 2.05) is 97.1 Å². The van der Waals surface area contributed by atoms with Crippen LogP contribution in [0.4, 0.5) is 0 Å². The number of methoxy groups -OCH3 is 2. The lowest BCUT2D eigenvalue weighted by Crippen LogP contribution is -2.46. The summed E-state index contributed by atoms with van der Waals surface area (Å²) in [4.78, 5) is 30.7. The molecule has 0 aliphatic rings. The van der Waals surface area contributed by atoms with E-state index in [2.05, 4.69) is 10.3 Å². The third kappa shape index (κ3) is 5.70. The van der Waals surface area contributed by atoms with Crippen LogP contribution in [-0.4, -0.2) is 37.1 Å². The van der Waals surface area contributed by atoms with Gasteiger partial charge in [-0.15, -0.1) is 0 Å². The van der Waals surface area contributed by atoms with Gasteiger partial charge in [-0.3, -0.25) is 4.79 Å². The Morgan fingerprint density at radius 2 is 1.30 bits per heavy atom. The fraction of sp³-hybridized carbons (Fsp3) is 0.194. The van der Waals surface area contributed by atoms with Crippen LogP contribution in [0.5, 0.6) is 5.88 Å². The third-order valence-electron chi connectivity index (χ3n) is 6.51. The number of rotatable bonds is 10. The van der Waals surface area contributed by atoms with Gasteiger partial charge in [-0.2, -0.15) is 0 Å². The molecule has 0 unspecified atom stereocenters. The molecule has 0 bridgehead atoms. The van der Waals surface area contributed by atoms with Crippen molar-refractivity contribution in [3.8, 4) is 5.88 Å². The van der Waals surface area contributed by atoms with Crippen molar-refractivity contribution in [1.82, 2.24) is 10.3 Å². The minimum atomic E-state index is -0.907. The summed E-state index contributed by atoms with van der Waals surface area (Å²) in [7, 11) is 2.83. The fourth-order valence-corrected chi connectivity index (χ4v) is 4.78. The summed E-state index contributed by atoms with van der Waals surface area (Å²) in [5.41, 5.74) is 2.85. The highest BCUT2D eigenvalue weighted by atomic mass is 16.5. The Kier molecular flexibility index (Phi) is 8.31. The minimum Gasteiger partial charge on any atom is -0.481 e. The van der Waals surface area contributed by atoms with Gasteiger partial charge >= 0.3 is 5.97 Å². The van der Waals surface area contributed by atoms with E-state index in [1.54, 1.807) is 12.3 Å². The molecule has 1 heterocycles. The van der Waals surface area contributed by atoms with Crippen molar-refractivity contribution in [1.29, 1.82) is 0 Å². The van der Waals surface area contributed by atoms with Gasteiger partial charge in [0.25, 0.3) is 0 Å². The lowest BCUT2D eigenvalue weighted by molar-refractivity contribution is -0.145. The molecule has 0 saturated heterocycles. The average molecular weight is 495 g/mol. The maximum atomic E-state index is 13.8. The van der Waals surface area contributed by atoms with Gasteiger partial charge in [0, 0.05) is 24.6 Å². The van der Waals surface area contributed by atoms with Gasteiger partial charge in [0.2, 0.25) is 11.8 Å². The smallest absolute Gasteiger partial charge is 0.328 e. The van der Waals surface area contributed by atoms with Gasteiger partial charge < -0.3 is 14.8 Å². The van der Waals surface area contributed by atoms with E-state index in [1.165, 1.54) is 14.2 Å². The topological polar surface area (TPSA) is 77.5 Å². The molecule has 1 aromatic heterocycles. The highest BCUT2D eigenvalue weighted by Crippen LogP contribution is 2.42. The maximum absolute atomic E-state index is 13.8. The summed E-state index contributed by atoms with van der Waals surface area (Å²) in [5.74, 6) is -0.420. The van der Waals surface area contributed by atoms with Gasteiger partial charge in [-0.05, 0) is 22.8 Å². The summed E-state index contributed by atoms with van der Waals surface area (Å²) in [6.07, 6.45) is 1.88. The van der Waals surface area contributed by atoms with Crippen molar-refractivity contribution in [2.24, 2.45) is 0 Å². The Bertz CT molecular complexity index is 1210. The van der Waals surface area contributed by atoms with Crippen LogP contribution < -0.4 is 10.1 Å². The number of amides is 1. The Morgan fingerprint density at radius 3 is 1.76 bits per heavy atom. The molecular weight excluding hydrogens is 464 g/mol. The number of aromatic nitrogens is 1. The van der Waals surface area contributed by atoms with Crippen LogP contribution in [0.15, 0.2) is 109 Å². The molecule has 37 heavy (non-hydrogen) atoms. The van der Waals surface area contributed by atoms with E-state index in [0.717, 1.165) is 16.7 Å². The first-order valence-electron chi connectivity index (χ1n) is 12.1. The number of carbonyl (C=O) groups excluding carboxylic acids is 2. The molecule has 4 aromatic rings. The Labute approximate surface area is 217 Å². The number of nitrogens with one attached hydrogen (secondary N) is 1. The predicted octanol–water partition coefficient (Wildman–Crippen LogP) is 4.72. The summed E-state index contributed by atoms with van der Waals surface area (Å²) >= 11 is 0. The van der Waals surface area contributed by atoms with Crippen LogP contribution in [0, 0.1) is 0 Å². The van der Waals surface area contributed by atoms with Crippen molar-refractivity contribution in [3.63, 3.8) is 0 Å². The summed E-state index contributed by atoms with van der Waals surface area (Å²) < 4.78 is 10.4. The van der Waals surface area contributed by atoms with Gasteiger partial charge in [0.15, 0.2) is 0 Å². The molecule has 0 saturated carbocycles. The SMILES string of the molecule is COC(=O)[C@H](Cc1cccnc1OC)NC(=O)CC(c1ccccc1)(c1ccccc1)c1ccccc1. The first-order chi connectivity index (χ1) is 18.1. The van der Waals surface area contributed by atoms with Gasteiger partial charge in [-0.25, -0.2) is 9.78 Å². The van der Waals surface area contributed by atoms with Crippen molar-refractivity contribution < 1.29 is 19.1 Å². The van der Waals surface area contributed by atoms with E-state index in [9.17, 15) is 9.59 Å². The number of carbonyl (C=O) groups is 2. The summed E-state index contributed by atoms with van der Waals surface area (Å²) in [5, 5.41) is 2.94. The van der Waals surface area contributed by atoms with Gasteiger partial charge in [0.1, 0.15) is 6.04 Å². The quantitative estimate of drug-likeness (QED) is 0.255. The molecule has 0 spiro atoms. The van der Waals surface area contributed by atoms with E-state index in [4.69, 9.17) is 9.47 Å². The second-order valence-electron chi connectivity index (χ2n) is 8.70. The first kappa shape index (κ1) is 25.6. The Balaban J connectivity index is 1.74. The minimum absolute atomic E-state index is 0.0860. The molecule has 0 fully saturated rings. The molecule has 0 aliphatic carbocycles. The van der Waals surface area contributed by atoms with Crippen molar-refractivity contribution in [3.05, 3.63) is 132 Å². The fourth-order valence-electron chi connectivity index (χ4n) is 4.78. The number of hydrogen-bond acceptors (Lipinski definition) is 5. The molecule has 6 heteroatoms. The molecule has 6 nitrogen and oxygen atoms in total. The average Bonchev–Trinajstić information content (AvgIpc) is 2.96. The largest absolute Gasteiger partial charge is 0.481 e. The zero-order valence-electron chi connectivity index (χ0n) is 21.0. The normalized spacial score (nSPS) is 11.8. The Morgan fingerprint density at radius 1 is 0.784 bits per heavy atom. The summed E-state index contributed by atoms with van der Waals surface area (Å²) in [6, 6.07) is 32.6. The third-order valence-corrected chi connectivity index (χ3v) is 6.51. The number of esters is 1. The molecule has 0 radical (unpaired) electrons. The zero-order chi connectivity index (χ0) is 26.1. The van der Waals surface area contributed by atoms with Crippen molar-refractivity contribution >= 4 is 11.9 Å². The van der Waals surface area contributed by atoms with Crippen LogP contribution in [0.25, 0.3) is 0 Å². The Hall–Kier alpha value is -4.45. The van der Waals surface area contributed by atoms with Gasteiger partial charge in [-0.1, -0.05) is 97.1 Å². The number of ether oxygens (including phenoxy) is 2. The maximum Gasteiger partial charge on any atom is 0.328 e. The second-order valence-corrected chi connectivity index (χ2v) is 8.70. The van der Waals surface area contributed by atoms with Crippen LogP contribution >= 0.6 is 0 Å². The molecule has 1 N–H and O–H groups in total. The highest BCUT2D eigenvalue weighted by molar-refractivity contribution is 5.86. The van der Waals surface area contributed by atoms with Crippen molar-refractivity contribution in [2.45, 2.75) is 24.3 Å². The number of benzene rings is 3. The number of nitrogens with zero attached hydrogens (tertiary/aromatic N) is 1. The monoisotopic (exact) mass is 494 g/mol. The molecule has 4 rings (SSSR count). The highest BCUT2D eigenvalue weighted by Gasteiger charge is 2.39.